The zero-order valence-corrected chi connectivity index (χ0v) is 24.5. The number of ether oxygens (including phenoxy) is 2. The van der Waals surface area contributed by atoms with Gasteiger partial charge in [0.05, 0.1) is 37.1 Å². The average molecular weight is 558 g/mol. The SMILES string of the molecule is COC1CC(CCC(O)C(CC2CC[NH2+]C(N)C2)C(=O)CCC2CC(O)C(O)C(OCC(C)C)C2)CCC1O. The first-order valence-corrected chi connectivity index (χ1v) is 15.6. The molecule has 228 valence electrons. The molecule has 0 bridgehead atoms. The van der Waals surface area contributed by atoms with Crippen molar-refractivity contribution < 1.29 is 40.0 Å². The Balaban J connectivity index is 1.57. The van der Waals surface area contributed by atoms with Crippen LogP contribution in [0.4, 0.5) is 0 Å². The number of aliphatic hydroxyl groups is 4. The lowest BCUT2D eigenvalue weighted by molar-refractivity contribution is -0.699. The van der Waals surface area contributed by atoms with E-state index in [1.807, 2.05) is 0 Å². The number of aliphatic hydroxyl groups excluding tert-OH is 4. The van der Waals surface area contributed by atoms with Crippen LogP contribution in [0.1, 0.15) is 90.9 Å². The summed E-state index contributed by atoms with van der Waals surface area (Å²) < 4.78 is 11.3. The maximum Gasteiger partial charge on any atom is 0.138 e. The van der Waals surface area contributed by atoms with E-state index >= 15 is 0 Å². The fraction of sp³-hybridized carbons (Fsp3) is 0.967. The van der Waals surface area contributed by atoms with Crippen LogP contribution in [0.3, 0.4) is 0 Å². The molecule has 11 atom stereocenters. The van der Waals surface area contributed by atoms with Gasteiger partial charge in [0.2, 0.25) is 0 Å². The topological polar surface area (TPSA) is 159 Å². The van der Waals surface area contributed by atoms with Gasteiger partial charge in [-0.25, -0.2) is 0 Å². The van der Waals surface area contributed by atoms with Gasteiger partial charge >= 0.3 is 0 Å². The zero-order chi connectivity index (χ0) is 28.5. The molecule has 3 aliphatic rings. The van der Waals surface area contributed by atoms with E-state index in [1.165, 1.54) is 0 Å². The fourth-order valence-corrected chi connectivity index (χ4v) is 7.08. The molecule has 1 heterocycles. The van der Waals surface area contributed by atoms with Crippen LogP contribution in [0.15, 0.2) is 0 Å². The molecular formula is C30H57N2O7+. The van der Waals surface area contributed by atoms with Crippen LogP contribution in [0.2, 0.25) is 0 Å². The average Bonchev–Trinajstić information content (AvgIpc) is 2.90. The smallest absolute Gasteiger partial charge is 0.138 e. The van der Waals surface area contributed by atoms with E-state index in [-0.39, 0.29) is 24.0 Å². The molecule has 3 rings (SSSR count). The Bertz CT molecular complexity index is 725. The number of carbonyl (C=O) groups is 1. The lowest BCUT2D eigenvalue weighted by Gasteiger charge is -2.37. The normalized spacial score (nSPS) is 37.5. The summed E-state index contributed by atoms with van der Waals surface area (Å²) in [5, 5.41) is 44.5. The van der Waals surface area contributed by atoms with E-state index in [9.17, 15) is 25.2 Å². The molecule has 2 aliphatic carbocycles. The Morgan fingerprint density at radius 3 is 2.38 bits per heavy atom. The third-order valence-electron chi connectivity index (χ3n) is 9.51. The number of ketones is 1. The Kier molecular flexibility index (Phi) is 13.6. The van der Waals surface area contributed by atoms with E-state index in [0.717, 1.165) is 38.6 Å². The number of rotatable bonds is 14. The second-order valence-corrected chi connectivity index (χ2v) is 13.3. The van der Waals surface area contributed by atoms with E-state index in [1.54, 1.807) is 7.11 Å². The summed E-state index contributed by atoms with van der Waals surface area (Å²) in [4.78, 5) is 13.6. The molecule has 11 unspecified atom stereocenters. The van der Waals surface area contributed by atoms with Crippen molar-refractivity contribution >= 4 is 5.78 Å². The minimum absolute atomic E-state index is 0.0502. The largest absolute Gasteiger partial charge is 0.392 e. The van der Waals surface area contributed by atoms with Crippen molar-refractivity contribution in [3.8, 4) is 0 Å². The molecule has 0 aromatic carbocycles. The summed E-state index contributed by atoms with van der Waals surface area (Å²) in [6.07, 6.45) is 5.01. The van der Waals surface area contributed by atoms with Gasteiger partial charge in [0.15, 0.2) is 0 Å². The summed E-state index contributed by atoms with van der Waals surface area (Å²) >= 11 is 0. The van der Waals surface area contributed by atoms with Crippen molar-refractivity contribution in [1.29, 1.82) is 0 Å². The van der Waals surface area contributed by atoms with Gasteiger partial charge in [-0.1, -0.05) is 13.8 Å². The van der Waals surface area contributed by atoms with Crippen LogP contribution in [-0.2, 0) is 14.3 Å². The third kappa shape index (κ3) is 10.3. The van der Waals surface area contributed by atoms with Crippen LogP contribution in [0.25, 0.3) is 0 Å². The Morgan fingerprint density at radius 1 is 0.949 bits per heavy atom. The highest BCUT2D eigenvalue weighted by Crippen LogP contribution is 2.35. The first-order chi connectivity index (χ1) is 18.6. The molecule has 0 amide bonds. The molecule has 8 N–H and O–H groups in total. The number of hydrogen-bond acceptors (Lipinski definition) is 8. The predicted octanol–water partition coefficient (Wildman–Crippen LogP) is 1.09. The highest BCUT2D eigenvalue weighted by Gasteiger charge is 2.38. The molecule has 9 heteroatoms. The summed E-state index contributed by atoms with van der Waals surface area (Å²) in [5.74, 6) is 0.818. The molecule has 9 nitrogen and oxygen atoms in total. The number of piperidine rings is 1. The van der Waals surface area contributed by atoms with Gasteiger partial charge < -0.3 is 35.2 Å². The molecule has 0 aromatic heterocycles. The maximum absolute atomic E-state index is 13.6. The molecule has 0 radical (unpaired) electrons. The van der Waals surface area contributed by atoms with Crippen molar-refractivity contribution in [2.75, 3.05) is 20.3 Å². The number of methoxy groups -OCH3 is 1. The van der Waals surface area contributed by atoms with Crippen molar-refractivity contribution in [2.24, 2.45) is 35.3 Å². The molecular weight excluding hydrogens is 500 g/mol. The van der Waals surface area contributed by atoms with Gasteiger partial charge in [-0.2, -0.15) is 0 Å². The number of carbonyl (C=O) groups excluding carboxylic acids is 1. The summed E-state index contributed by atoms with van der Waals surface area (Å²) in [6, 6.07) is 0. The number of hydrogen-bond donors (Lipinski definition) is 6. The van der Waals surface area contributed by atoms with E-state index in [2.05, 4.69) is 19.2 Å². The molecule has 3 fully saturated rings. The highest BCUT2D eigenvalue weighted by molar-refractivity contribution is 5.81. The van der Waals surface area contributed by atoms with Crippen LogP contribution in [-0.4, -0.2) is 89.3 Å². The van der Waals surface area contributed by atoms with Gasteiger partial charge in [-0.3, -0.25) is 10.5 Å². The van der Waals surface area contributed by atoms with Gasteiger partial charge in [0.25, 0.3) is 0 Å². The number of Topliss-reactive ketones (excluding diaryl/α,β-unsaturated/α-hetero) is 1. The quantitative estimate of drug-likeness (QED) is 0.185. The van der Waals surface area contributed by atoms with E-state index in [0.29, 0.717) is 69.3 Å². The zero-order valence-electron chi connectivity index (χ0n) is 24.5. The molecule has 0 spiro atoms. The number of nitrogens with two attached hydrogens (primary N) is 2. The maximum atomic E-state index is 13.6. The van der Waals surface area contributed by atoms with Crippen molar-refractivity contribution in [1.82, 2.24) is 0 Å². The van der Waals surface area contributed by atoms with Crippen molar-refractivity contribution in [3.05, 3.63) is 0 Å². The van der Waals surface area contributed by atoms with Gasteiger partial charge in [-0.15, -0.1) is 0 Å². The van der Waals surface area contributed by atoms with Gasteiger partial charge in [0, 0.05) is 32.5 Å². The Morgan fingerprint density at radius 2 is 1.69 bits per heavy atom. The first kappa shape index (κ1) is 32.9. The molecule has 39 heavy (non-hydrogen) atoms. The minimum atomic E-state index is -0.892. The monoisotopic (exact) mass is 557 g/mol. The fourth-order valence-electron chi connectivity index (χ4n) is 7.08. The van der Waals surface area contributed by atoms with Crippen LogP contribution < -0.4 is 11.1 Å². The van der Waals surface area contributed by atoms with Crippen LogP contribution in [0.5, 0.6) is 0 Å². The van der Waals surface area contributed by atoms with E-state index in [4.69, 9.17) is 15.2 Å². The van der Waals surface area contributed by atoms with Gasteiger partial charge in [-0.05, 0) is 87.9 Å². The predicted molar refractivity (Wildman–Crippen MR) is 149 cm³/mol. The second kappa shape index (κ2) is 16.1. The Hall–Kier alpha value is -0.650. The van der Waals surface area contributed by atoms with Gasteiger partial charge in [0.1, 0.15) is 18.1 Å². The standard InChI is InChI=1S/C30H56N2O7/c1-18(2)17-39-28-15-20(13-26(36)30(28)37)6-8-24(34)22(12-21-10-11-32-29(31)16-21)23(33)7-4-19-5-9-25(35)27(14-19)38-3/h18-23,25-30,32-33,35-37H,4-17,31H2,1-3H3/p+1. The second-order valence-electron chi connectivity index (χ2n) is 13.3. The summed E-state index contributed by atoms with van der Waals surface area (Å²) in [7, 11) is 1.64. The van der Waals surface area contributed by atoms with Crippen LogP contribution in [0, 0.1) is 29.6 Å². The van der Waals surface area contributed by atoms with Crippen molar-refractivity contribution in [2.45, 2.75) is 134 Å². The summed E-state index contributed by atoms with van der Waals surface area (Å²) in [6.45, 7) is 5.59. The summed E-state index contributed by atoms with van der Waals surface area (Å²) in [5.41, 5.74) is 6.19. The number of quaternary nitrogens is 1. The highest BCUT2D eigenvalue weighted by atomic mass is 16.5. The molecule has 1 saturated heterocycles. The third-order valence-corrected chi connectivity index (χ3v) is 9.51. The molecule has 0 aromatic rings. The lowest BCUT2D eigenvalue weighted by atomic mass is 9.76. The van der Waals surface area contributed by atoms with Crippen molar-refractivity contribution in [3.63, 3.8) is 0 Å². The lowest BCUT2D eigenvalue weighted by Crippen LogP contribution is -2.94. The first-order valence-electron chi connectivity index (χ1n) is 15.6. The minimum Gasteiger partial charge on any atom is -0.392 e. The molecule has 1 aliphatic heterocycles. The Labute approximate surface area is 235 Å². The van der Waals surface area contributed by atoms with Crippen LogP contribution >= 0.6 is 0 Å². The van der Waals surface area contributed by atoms with E-state index < -0.39 is 36.4 Å². The molecule has 2 saturated carbocycles.